The zero-order valence-corrected chi connectivity index (χ0v) is 18.3. The van der Waals surface area contributed by atoms with Crippen LogP contribution in [0.1, 0.15) is 22.8 Å². The molecule has 0 saturated carbocycles. The average molecular weight is 476 g/mol. The van der Waals surface area contributed by atoms with Gasteiger partial charge in [-0.25, -0.2) is 4.79 Å². The highest BCUT2D eigenvalue weighted by Gasteiger charge is 2.33. The number of nitrogens with zero attached hydrogens (tertiary/aromatic N) is 3. The molecule has 0 bridgehead atoms. The molecule has 0 spiro atoms. The Morgan fingerprint density at radius 2 is 1.81 bits per heavy atom. The van der Waals surface area contributed by atoms with Crippen molar-refractivity contribution in [2.75, 3.05) is 24.6 Å². The lowest BCUT2D eigenvalue weighted by molar-refractivity contribution is -0.137. The van der Waals surface area contributed by atoms with Gasteiger partial charge in [-0.3, -0.25) is 28.4 Å². The molecule has 13 heteroatoms. The first-order chi connectivity index (χ1) is 14.7. The van der Waals surface area contributed by atoms with Crippen LogP contribution in [0.15, 0.2) is 27.8 Å². The van der Waals surface area contributed by atoms with E-state index in [0.717, 1.165) is 15.2 Å². The van der Waals surface area contributed by atoms with E-state index in [-0.39, 0.29) is 18.1 Å². The molecule has 0 aliphatic carbocycles. The van der Waals surface area contributed by atoms with Gasteiger partial charge in [0.1, 0.15) is 11.4 Å². The second kappa shape index (κ2) is 9.17. The fraction of sp³-hybridized carbons (Fsp3) is 0.368. The van der Waals surface area contributed by atoms with Crippen molar-refractivity contribution in [1.29, 1.82) is 0 Å². The van der Waals surface area contributed by atoms with Gasteiger partial charge in [0.2, 0.25) is 5.91 Å². The summed E-state index contributed by atoms with van der Waals surface area (Å²) < 4.78 is 40.6. The maximum Gasteiger partial charge on any atom is 0.417 e. The maximum atomic E-state index is 13.0. The Labute approximate surface area is 185 Å². The maximum absolute atomic E-state index is 13.0. The summed E-state index contributed by atoms with van der Waals surface area (Å²) in [5.41, 5.74) is 2.58. The number of hydrogen-bond donors (Lipinski definition) is 2. The average Bonchev–Trinajstić information content (AvgIpc) is 2.70. The number of benzene rings is 1. The minimum absolute atomic E-state index is 0.129. The van der Waals surface area contributed by atoms with Crippen molar-refractivity contribution in [3.63, 3.8) is 0 Å². The Hall–Kier alpha value is -3.12. The molecule has 1 amide bonds. The van der Waals surface area contributed by atoms with Crippen molar-refractivity contribution in [2.24, 2.45) is 14.1 Å². The molecule has 0 fully saturated rings. The van der Waals surface area contributed by atoms with Crippen molar-refractivity contribution in [3.05, 3.63) is 55.2 Å². The highest BCUT2D eigenvalue weighted by atomic mass is 35.5. The number of Topliss-reactive ketones (excluding diaryl/α,β-unsaturated/α-hetero) is 1. The molecule has 0 saturated heterocycles. The van der Waals surface area contributed by atoms with Gasteiger partial charge >= 0.3 is 11.9 Å². The number of halogens is 4. The number of carbonyl (C=O) groups is 2. The number of nitrogen functional groups attached to an aromatic ring is 1. The molecule has 32 heavy (non-hydrogen) atoms. The van der Waals surface area contributed by atoms with Gasteiger partial charge in [-0.05, 0) is 32.2 Å². The van der Waals surface area contributed by atoms with Crippen LogP contribution in [-0.4, -0.2) is 45.4 Å². The van der Waals surface area contributed by atoms with E-state index in [0.29, 0.717) is 6.07 Å². The van der Waals surface area contributed by atoms with Crippen LogP contribution in [0.3, 0.4) is 0 Å². The van der Waals surface area contributed by atoms with Crippen molar-refractivity contribution in [3.8, 4) is 0 Å². The zero-order chi connectivity index (χ0) is 24.5. The molecule has 1 aromatic heterocycles. The third kappa shape index (κ3) is 5.02. The Morgan fingerprint density at radius 3 is 2.38 bits per heavy atom. The SMILES string of the molecule is CC(C(=O)c1c(N)n(C)c(=O)n(C)c1=O)N(C)CC(=O)Nc1ccc(Cl)c(C(F)(F)F)c1. The molecule has 0 aliphatic rings. The quantitative estimate of drug-likeness (QED) is 0.611. The predicted molar refractivity (Wildman–Crippen MR) is 113 cm³/mol. The molecule has 0 aliphatic heterocycles. The number of ketones is 1. The number of anilines is 2. The van der Waals surface area contributed by atoms with E-state index in [1.54, 1.807) is 0 Å². The highest BCUT2D eigenvalue weighted by molar-refractivity contribution is 6.31. The van der Waals surface area contributed by atoms with Crippen LogP contribution in [-0.2, 0) is 25.1 Å². The van der Waals surface area contributed by atoms with Crippen LogP contribution in [0.2, 0.25) is 5.02 Å². The van der Waals surface area contributed by atoms with Gasteiger partial charge in [-0.2, -0.15) is 13.2 Å². The van der Waals surface area contributed by atoms with Crippen LogP contribution in [0.25, 0.3) is 0 Å². The molecule has 2 aromatic rings. The molecular weight excluding hydrogens is 455 g/mol. The van der Waals surface area contributed by atoms with Gasteiger partial charge in [-0.15, -0.1) is 0 Å². The van der Waals surface area contributed by atoms with Crippen LogP contribution < -0.4 is 22.3 Å². The second-order valence-electron chi connectivity index (χ2n) is 7.16. The lowest BCUT2D eigenvalue weighted by Gasteiger charge is -2.23. The van der Waals surface area contributed by atoms with Gasteiger partial charge in [0.25, 0.3) is 5.56 Å². The van der Waals surface area contributed by atoms with Crippen LogP contribution in [0.4, 0.5) is 24.7 Å². The molecule has 1 aromatic carbocycles. The lowest BCUT2D eigenvalue weighted by Crippen LogP contribution is -2.46. The largest absolute Gasteiger partial charge is 0.417 e. The zero-order valence-electron chi connectivity index (χ0n) is 17.6. The summed E-state index contributed by atoms with van der Waals surface area (Å²) in [7, 11) is 3.91. The van der Waals surface area contributed by atoms with Crippen LogP contribution in [0, 0.1) is 0 Å². The number of rotatable bonds is 6. The topological polar surface area (TPSA) is 119 Å². The number of carbonyl (C=O) groups excluding carboxylic acids is 2. The number of amides is 1. The summed E-state index contributed by atoms with van der Waals surface area (Å²) in [6, 6.07) is 1.90. The lowest BCUT2D eigenvalue weighted by atomic mass is 10.1. The standard InChI is InChI=1S/C19H21ClF3N5O4/c1-9(15(30)14-16(24)27(3)18(32)28(4)17(14)31)26(2)8-13(29)25-10-5-6-12(20)11(7-10)19(21,22)23/h5-7,9H,8,24H2,1-4H3,(H,25,29). The minimum atomic E-state index is -4.70. The van der Waals surface area contributed by atoms with Crippen molar-refractivity contribution >= 4 is 34.8 Å². The van der Waals surface area contributed by atoms with E-state index in [1.807, 2.05) is 0 Å². The van der Waals surface area contributed by atoms with Crippen LogP contribution >= 0.6 is 11.6 Å². The molecule has 1 unspecified atom stereocenters. The fourth-order valence-corrected chi connectivity index (χ4v) is 3.11. The Kier molecular flexibility index (Phi) is 7.20. The smallest absolute Gasteiger partial charge is 0.384 e. The number of alkyl halides is 3. The summed E-state index contributed by atoms with van der Waals surface area (Å²) in [4.78, 5) is 50.7. The minimum Gasteiger partial charge on any atom is -0.384 e. The Bertz CT molecular complexity index is 1190. The van der Waals surface area contributed by atoms with E-state index >= 15 is 0 Å². The molecule has 174 valence electrons. The van der Waals surface area contributed by atoms with Gasteiger partial charge in [0, 0.05) is 19.8 Å². The summed E-state index contributed by atoms with van der Waals surface area (Å²) in [5.74, 6) is -1.74. The monoisotopic (exact) mass is 475 g/mol. The predicted octanol–water partition coefficient (Wildman–Crippen LogP) is 1.48. The summed E-state index contributed by atoms with van der Waals surface area (Å²) in [5, 5.41) is 1.80. The van der Waals surface area contributed by atoms with Crippen molar-refractivity contribution in [1.82, 2.24) is 14.0 Å². The third-order valence-electron chi connectivity index (χ3n) is 4.95. The first-order valence-corrected chi connectivity index (χ1v) is 9.51. The molecule has 3 N–H and O–H groups in total. The van der Waals surface area contributed by atoms with Gasteiger partial charge in [0.15, 0.2) is 5.78 Å². The number of nitrogens with two attached hydrogens (primary N) is 1. The van der Waals surface area contributed by atoms with E-state index in [9.17, 15) is 32.3 Å². The van der Waals surface area contributed by atoms with E-state index in [2.05, 4.69) is 5.32 Å². The van der Waals surface area contributed by atoms with Gasteiger partial charge < -0.3 is 11.1 Å². The fourth-order valence-electron chi connectivity index (χ4n) is 2.88. The van der Waals surface area contributed by atoms with Gasteiger partial charge in [0.05, 0.1) is 23.2 Å². The summed E-state index contributed by atoms with van der Waals surface area (Å²) in [6.45, 7) is 1.03. The molecule has 0 radical (unpaired) electrons. The molecule has 2 rings (SSSR count). The third-order valence-corrected chi connectivity index (χ3v) is 5.27. The summed E-state index contributed by atoms with van der Waals surface area (Å²) >= 11 is 5.56. The number of likely N-dealkylation sites (N-methyl/N-ethyl adjacent to an activating group) is 1. The Balaban J connectivity index is 2.19. The second-order valence-corrected chi connectivity index (χ2v) is 7.57. The molecule has 1 atom stereocenters. The van der Waals surface area contributed by atoms with Crippen molar-refractivity contribution in [2.45, 2.75) is 19.1 Å². The molecular formula is C19H21ClF3N5O4. The van der Waals surface area contributed by atoms with Crippen LogP contribution in [0.5, 0.6) is 0 Å². The van der Waals surface area contributed by atoms with Gasteiger partial charge in [-0.1, -0.05) is 11.6 Å². The number of hydrogen-bond acceptors (Lipinski definition) is 6. The highest BCUT2D eigenvalue weighted by Crippen LogP contribution is 2.36. The van der Waals surface area contributed by atoms with E-state index in [1.165, 1.54) is 39.0 Å². The summed E-state index contributed by atoms with van der Waals surface area (Å²) in [6.07, 6.45) is -4.70. The van der Waals surface area contributed by atoms with E-state index in [4.69, 9.17) is 17.3 Å². The number of aromatic nitrogens is 2. The molecule has 1 heterocycles. The molecule has 9 nitrogen and oxygen atoms in total. The number of nitrogens with one attached hydrogen (secondary N) is 1. The first kappa shape index (κ1) is 25.1. The normalized spacial score (nSPS) is 12.7. The van der Waals surface area contributed by atoms with Crippen molar-refractivity contribution < 1.29 is 22.8 Å². The van der Waals surface area contributed by atoms with E-state index < -0.39 is 51.3 Å². The first-order valence-electron chi connectivity index (χ1n) is 9.13. The Morgan fingerprint density at radius 1 is 1.22 bits per heavy atom.